The van der Waals surface area contributed by atoms with E-state index in [1.54, 1.807) is 12.1 Å². The highest BCUT2D eigenvalue weighted by atomic mass is 32.2. The van der Waals surface area contributed by atoms with E-state index < -0.39 is 23.2 Å². The number of benzene rings is 2. The fraction of sp³-hybridized carbons (Fsp3) is 0.250. The molecule has 0 aliphatic rings. The molecule has 0 spiro atoms. The predicted octanol–water partition coefficient (Wildman–Crippen LogP) is 3.88. The van der Waals surface area contributed by atoms with Gasteiger partial charge in [-0.2, -0.15) is 8.78 Å². The van der Waals surface area contributed by atoms with Crippen LogP contribution >= 0.6 is 0 Å². The van der Waals surface area contributed by atoms with Crippen LogP contribution in [0.3, 0.4) is 0 Å². The maximum Gasteiger partial charge on any atom is 0.387 e. The molecule has 3 nitrogen and oxygen atoms in total. The summed E-state index contributed by atoms with van der Waals surface area (Å²) in [4.78, 5) is 0. The van der Waals surface area contributed by atoms with Gasteiger partial charge in [0.25, 0.3) is 0 Å². The average Bonchev–Trinajstić information content (AvgIpc) is 2.49. The molecule has 0 aromatic heterocycles. The molecule has 0 fully saturated rings. The van der Waals surface area contributed by atoms with Crippen molar-refractivity contribution in [2.45, 2.75) is 18.1 Å². The molecule has 0 saturated carbocycles. The van der Waals surface area contributed by atoms with E-state index in [4.69, 9.17) is 4.74 Å². The van der Waals surface area contributed by atoms with Crippen molar-refractivity contribution >= 4 is 10.8 Å². The van der Waals surface area contributed by atoms with Crippen molar-refractivity contribution in [3.8, 4) is 11.5 Å². The fourth-order valence-corrected chi connectivity index (χ4v) is 3.28. The molecule has 0 saturated heterocycles. The maximum absolute atomic E-state index is 13.3. The van der Waals surface area contributed by atoms with Gasteiger partial charge >= 0.3 is 6.61 Å². The maximum atomic E-state index is 13.3. The van der Waals surface area contributed by atoms with E-state index >= 15 is 0 Å². The van der Waals surface area contributed by atoms with E-state index in [1.165, 1.54) is 37.4 Å². The molecule has 2 rings (SSSR count). The number of hydrogen-bond donors (Lipinski definition) is 0. The first kappa shape index (κ1) is 17.3. The Balaban J connectivity index is 2.01. The van der Waals surface area contributed by atoms with Crippen molar-refractivity contribution in [3.63, 3.8) is 0 Å². The summed E-state index contributed by atoms with van der Waals surface area (Å²) in [5, 5.41) is 0. The zero-order valence-corrected chi connectivity index (χ0v) is 13.1. The van der Waals surface area contributed by atoms with Crippen LogP contribution in [0.5, 0.6) is 11.5 Å². The van der Waals surface area contributed by atoms with E-state index in [2.05, 4.69) is 4.74 Å². The van der Waals surface area contributed by atoms with Crippen LogP contribution in [0.15, 0.2) is 42.5 Å². The van der Waals surface area contributed by atoms with Crippen LogP contribution in [0.25, 0.3) is 0 Å². The summed E-state index contributed by atoms with van der Waals surface area (Å²) in [5.41, 5.74) is 1.23. The zero-order valence-electron chi connectivity index (χ0n) is 12.3. The summed E-state index contributed by atoms with van der Waals surface area (Å²) < 4.78 is 59.0. The second kappa shape index (κ2) is 8.01. The standard InChI is InChI=1S/C16H15F3O3S/c1-21-15-7-4-13(17)8-12(15)10-23(20)9-11-2-5-14(6-3-11)22-16(18)19/h2-8,16H,9-10H2,1H3/t23-/m1/s1. The van der Waals surface area contributed by atoms with E-state index in [9.17, 15) is 17.4 Å². The second-order valence-electron chi connectivity index (χ2n) is 4.71. The third kappa shape index (κ3) is 5.28. The molecule has 0 heterocycles. The molecule has 7 heteroatoms. The SMILES string of the molecule is COc1ccc(F)cc1C[S@](=O)Cc1ccc(OC(F)F)cc1. The molecule has 0 N–H and O–H groups in total. The quantitative estimate of drug-likeness (QED) is 0.765. The topological polar surface area (TPSA) is 35.5 Å². The Morgan fingerprint density at radius 3 is 2.39 bits per heavy atom. The molecule has 0 unspecified atom stereocenters. The highest BCUT2D eigenvalue weighted by Gasteiger charge is 2.10. The Morgan fingerprint density at radius 1 is 1.09 bits per heavy atom. The summed E-state index contributed by atoms with van der Waals surface area (Å²) in [7, 11) is 0.165. The van der Waals surface area contributed by atoms with Crippen molar-refractivity contribution in [1.29, 1.82) is 0 Å². The van der Waals surface area contributed by atoms with Crippen molar-refractivity contribution in [1.82, 2.24) is 0 Å². The van der Waals surface area contributed by atoms with Gasteiger partial charge in [-0.1, -0.05) is 12.1 Å². The molecular formula is C16H15F3O3S. The predicted molar refractivity (Wildman–Crippen MR) is 81.6 cm³/mol. The Kier molecular flexibility index (Phi) is 6.04. The molecule has 1 atom stereocenters. The molecule has 2 aromatic carbocycles. The third-order valence-electron chi connectivity index (χ3n) is 3.04. The highest BCUT2D eigenvalue weighted by Crippen LogP contribution is 2.22. The summed E-state index contributed by atoms with van der Waals surface area (Å²) in [6, 6.07) is 9.96. The zero-order chi connectivity index (χ0) is 16.8. The smallest absolute Gasteiger partial charge is 0.387 e. The summed E-state index contributed by atoms with van der Waals surface area (Å²) in [6.07, 6.45) is 0. The van der Waals surface area contributed by atoms with Gasteiger partial charge in [-0.25, -0.2) is 4.39 Å². The number of halogens is 3. The molecule has 23 heavy (non-hydrogen) atoms. The van der Waals surface area contributed by atoms with Crippen LogP contribution in [0.4, 0.5) is 13.2 Å². The average molecular weight is 344 g/mol. The first-order valence-corrected chi connectivity index (χ1v) is 8.18. The molecular weight excluding hydrogens is 329 g/mol. The first-order valence-electron chi connectivity index (χ1n) is 6.69. The minimum absolute atomic E-state index is 0.0429. The van der Waals surface area contributed by atoms with Gasteiger partial charge in [0.05, 0.1) is 12.9 Å². The highest BCUT2D eigenvalue weighted by molar-refractivity contribution is 7.83. The van der Waals surface area contributed by atoms with Crippen LogP contribution in [0.1, 0.15) is 11.1 Å². The van der Waals surface area contributed by atoms with Crippen LogP contribution in [0.2, 0.25) is 0 Å². The van der Waals surface area contributed by atoms with Crippen molar-refractivity contribution in [2.75, 3.05) is 7.11 Å². The first-order chi connectivity index (χ1) is 11.0. The minimum Gasteiger partial charge on any atom is -0.496 e. The van der Waals surface area contributed by atoms with E-state index in [0.717, 1.165) is 0 Å². The number of hydrogen-bond acceptors (Lipinski definition) is 3. The molecule has 0 aliphatic heterocycles. The van der Waals surface area contributed by atoms with Gasteiger partial charge in [0, 0.05) is 22.1 Å². The number of ether oxygens (including phenoxy) is 2. The molecule has 2 aromatic rings. The van der Waals surface area contributed by atoms with Crippen LogP contribution in [-0.2, 0) is 22.3 Å². The molecule has 0 bridgehead atoms. The van der Waals surface area contributed by atoms with Crippen molar-refractivity contribution in [3.05, 3.63) is 59.4 Å². The number of rotatable bonds is 7. The number of alkyl halides is 2. The van der Waals surface area contributed by atoms with Crippen molar-refractivity contribution < 1.29 is 26.9 Å². The van der Waals surface area contributed by atoms with Gasteiger partial charge < -0.3 is 9.47 Å². The summed E-state index contributed by atoms with van der Waals surface area (Å²) in [5.74, 6) is 0.443. The lowest BCUT2D eigenvalue weighted by Crippen LogP contribution is -2.03. The lowest BCUT2D eigenvalue weighted by atomic mass is 10.2. The van der Waals surface area contributed by atoms with E-state index in [0.29, 0.717) is 16.9 Å². The minimum atomic E-state index is -2.88. The molecule has 0 amide bonds. The van der Waals surface area contributed by atoms with Crippen LogP contribution < -0.4 is 9.47 Å². The molecule has 0 aliphatic carbocycles. The van der Waals surface area contributed by atoms with Crippen LogP contribution in [-0.4, -0.2) is 17.9 Å². The summed E-state index contributed by atoms with van der Waals surface area (Å²) in [6.45, 7) is -2.88. The van der Waals surface area contributed by atoms with Crippen molar-refractivity contribution in [2.24, 2.45) is 0 Å². The van der Waals surface area contributed by atoms with E-state index in [-0.39, 0.29) is 17.3 Å². The third-order valence-corrected chi connectivity index (χ3v) is 4.32. The Labute approximate surface area is 134 Å². The van der Waals surface area contributed by atoms with Gasteiger partial charge in [0.2, 0.25) is 0 Å². The number of methoxy groups -OCH3 is 1. The molecule has 124 valence electrons. The summed E-state index contributed by atoms with van der Waals surface area (Å²) >= 11 is 0. The van der Waals surface area contributed by atoms with E-state index in [1.807, 2.05) is 0 Å². The molecule has 0 radical (unpaired) electrons. The van der Waals surface area contributed by atoms with Gasteiger partial charge in [0.1, 0.15) is 17.3 Å². The van der Waals surface area contributed by atoms with Gasteiger partial charge in [-0.3, -0.25) is 4.21 Å². The largest absolute Gasteiger partial charge is 0.496 e. The lowest BCUT2D eigenvalue weighted by molar-refractivity contribution is -0.0498. The fourth-order valence-electron chi connectivity index (χ4n) is 2.04. The Hall–Kier alpha value is -2.02. The van der Waals surface area contributed by atoms with Gasteiger partial charge in [-0.05, 0) is 35.9 Å². The van der Waals surface area contributed by atoms with Gasteiger partial charge in [0.15, 0.2) is 0 Å². The Bertz CT molecular complexity index is 675. The second-order valence-corrected chi connectivity index (χ2v) is 6.16. The van der Waals surface area contributed by atoms with Crippen LogP contribution in [0, 0.1) is 5.82 Å². The van der Waals surface area contributed by atoms with Gasteiger partial charge in [-0.15, -0.1) is 0 Å². The normalized spacial score (nSPS) is 12.2. The lowest BCUT2D eigenvalue weighted by Gasteiger charge is -2.09. The monoisotopic (exact) mass is 344 g/mol. The Morgan fingerprint density at radius 2 is 1.78 bits per heavy atom.